The van der Waals surface area contributed by atoms with Gasteiger partial charge >= 0.3 is 0 Å². The van der Waals surface area contributed by atoms with E-state index in [9.17, 15) is 14.4 Å². The van der Waals surface area contributed by atoms with Crippen LogP contribution in [0.5, 0.6) is 0 Å². The van der Waals surface area contributed by atoms with Gasteiger partial charge < -0.3 is 15.1 Å². The molecule has 0 radical (unpaired) electrons. The Morgan fingerprint density at radius 3 is 2.66 bits per heavy atom. The van der Waals surface area contributed by atoms with Crippen LogP contribution in [0.1, 0.15) is 33.4 Å². The number of para-hydroxylation sites is 1. The van der Waals surface area contributed by atoms with Crippen LogP contribution in [0.3, 0.4) is 0 Å². The SMILES string of the molecule is CC(=O)n1cc(/C=C/C(=O)Nc2cccc(C(=O)NCc3ccco3)c2)c2ccccc21. The zero-order valence-corrected chi connectivity index (χ0v) is 17.4. The maximum atomic E-state index is 12.4. The molecule has 0 unspecified atom stereocenters. The average Bonchev–Trinajstić information content (AvgIpc) is 3.44. The van der Waals surface area contributed by atoms with Crippen LogP contribution in [0.4, 0.5) is 5.69 Å². The summed E-state index contributed by atoms with van der Waals surface area (Å²) in [5.74, 6) is -0.0746. The summed E-state index contributed by atoms with van der Waals surface area (Å²) >= 11 is 0. The Balaban J connectivity index is 1.44. The van der Waals surface area contributed by atoms with Crippen LogP contribution in [-0.4, -0.2) is 22.3 Å². The number of fused-ring (bicyclic) bond motifs is 1. The van der Waals surface area contributed by atoms with Gasteiger partial charge in [0, 0.05) is 41.4 Å². The minimum absolute atomic E-state index is 0.104. The fourth-order valence-corrected chi connectivity index (χ4v) is 3.37. The molecule has 0 aliphatic rings. The molecule has 0 aliphatic heterocycles. The van der Waals surface area contributed by atoms with Crippen molar-refractivity contribution in [3.05, 3.63) is 96.1 Å². The van der Waals surface area contributed by atoms with Crippen molar-refractivity contribution in [3.8, 4) is 0 Å². The minimum Gasteiger partial charge on any atom is -0.467 e. The lowest BCUT2D eigenvalue weighted by molar-refractivity contribution is -0.111. The normalized spacial score (nSPS) is 11.0. The minimum atomic E-state index is -0.349. The van der Waals surface area contributed by atoms with Gasteiger partial charge in [0.25, 0.3) is 5.91 Å². The summed E-state index contributed by atoms with van der Waals surface area (Å²) in [6, 6.07) is 17.7. The third kappa shape index (κ3) is 4.67. The van der Waals surface area contributed by atoms with Gasteiger partial charge in [0.05, 0.1) is 18.3 Å². The lowest BCUT2D eigenvalue weighted by Gasteiger charge is -2.06. The number of carbonyl (C=O) groups is 3. The van der Waals surface area contributed by atoms with Crippen molar-refractivity contribution in [2.45, 2.75) is 13.5 Å². The predicted molar refractivity (Wildman–Crippen MR) is 122 cm³/mol. The van der Waals surface area contributed by atoms with E-state index in [1.807, 2.05) is 24.3 Å². The second-order valence-electron chi connectivity index (χ2n) is 7.16. The van der Waals surface area contributed by atoms with Crippen LogP contribution < -0.4 is 10.6 Å². The van der Waals surface area contributed by atoms with Gasteiger partial charge in [-0.1, -0.05) is 24.3 Å². The highest BCUT2D eigenvalue weighted by Crippen LogP contribution is 2.22. The van der Waals surface area contributed by atoms with Crippen molar-refractivity contribution < 1.29 is 18.8 Å². The molecule has 0 saturated carbocycles. The molecular weight excluding hydrogens is 406 g/mol. The zero-order valence-electron chi connectivity index (χ0n) is 17.4. The van der Waals surface area contributed by atoms with Crippen LogP contribution in [0.2, 0.25) is 0 Å². The molecule has 0 spiro atoms. The van der Waals surface area contributed by atoms with Crippen LogP contribution in [-0.2, 0) is 11.3 Å². The second-order valence-corrected chi connectivity index (χ2v) is 7.16. The van der Waals surface area contributed by atoms with Gasteiger partial charge in [0.15, 0.2) is 0 Å². The van der Waals surface area contributed by atoms with E-state index in [2.05, 4.69) is 10.6 Å². The van der Waals surface area contributed by atoms with Crippen LogP contribution in [0.15, 0.2) is 83.6 Å². The number of furan rings is 1. The van der Waals surface area contributed by atoms with Gasteiger partial charge in [-0.15, -0.1) is 0 Å². The molecule has 0 fully saturated rings. The Morgan fingerprint density at radius 2 is 1.88 bits per heavy atom. The second kappa shape index (κ2) is 9.18. The Kier molecular flexibility index (Phi) is 5.98. The van der Waals surface area contributed by atoms with Crippen molar-refractivity contribution in [3.63, 3.8) is 0 Å². The number of benzene rings is 2. The lowest BCUT2D eigenvalue weighted by Crippen LogP contribution is -2.22. The molecule has 2 N–H and O–H groups in total. The van der Waals surface area contributed by atoms with Crippen molar-refractivity contribution in [1.29, 1.82) is 0 Å². The Bertz CT molecular complexity index is 1320. The van der Waals surface area contributed by atoms with Crippen LogP contribution >= 0.6 is 0 Å². The van der Waals surface area contributed by atoms with Gasteiger partial charge in [0.2, 0.25) is 11.8 Å². The van der Waals surface area contributed by atoms with Gasteiger partial charge in [-0.25, -0.2) is 0 Å². The lowest BCUT2D eigenvalue weighted by atomic mass is 10.1. The summed E-state index contributed by atoms with van der Waals surface area (Å²) in [5, 5.41) is 6.40. The number of rotatable bonds is 6. The number of carbonyl (C=O) groups excluding carboxylic acids is 3. The van der Waals surface area contributed by atoms with Gasteiger partial charge in [-0.3, -0.25) is 19.0 Å². The molecule has 4 rings (SSSR count). The Hall–Kier alpha value is -4.39. The summed E-state index contributed by atoms with van der Waals surface area (Å²) < 4.78 is 6.75. The first-order valence-electron chi connectivity index (χ1n) is 10.0. The van der Waals surface area contributed by atoms with Crippen molar-refractivity contribution in [1.82, 2.24) is 9.88 Å². The van der Waals surface area contributed by atoms with Gasteiger partial charge in [-0.05, 0) is 42.5 Å². The standard InChI is InChI=1S/C25H21N3O4/c1-17(29)28-16-19(22-9-2-3-10-23(22)28)11-12-24(30)27-20-7-4-6-18(14-20)25(31)26-15-21-8-5-13-32-21/h2-14,16H,15H2,1H3,(H,26,31)(H,27,30)/b12-11+. The number of amides is 2. The molecule has 0 saturated heterocycles. The fraction of sp³-hybridized carbons (Fsp3) is 0.0800. The van der Waals surface area contributed by atoms with Gasteiger partial charge in [0.1, 0.15) is 5.76 Å². The van der Waals surface area contributed by atoms with E-state index in [1.54, 1.807) is 59.5 Å². The van der Waals surface area contributed by atoms with E-state index in [1.165, 1.54) is 13.0 Å². The highest BCUT2D eigenvalue weighted by molar-refractivity contribution is 6.05. The first-order valence-corrected chi connectivity index (χ1v) is 10.0. The molecule has 2 aromatic carbocycles. The number of nitrogens with one attached hydrogen (secondary N) is 2. The maximum Gasteiger partial charge on any atom is 0.251 e. The topological polar surface area (TPSA) is 93.3 Å². The summed E-state index contributed by atoms with van der Waals surface area (Å²) in [6.45, 7) is 1.77. The molecule has 0 atom stereocenters. The first kappa shape index (κ1) is 20.9. The molecule has 0 aliphatic carbocycles. The fourth-order valence-electron chi connectivity index (χ4n) is 3.37. The first-order chi connectivity index (χ1) is 15.5. The van der Waals surface area contributed by atoms with Gasteiger partial charge in [-0.2, -0.15) is 0 Å². The molecule has 7 heteroatoms. The third-order valence-corrected chi connectivity index (χ3v) is 4.89. The highest BCUT2D eigenvalue weighted by atomic mass is 16.3. The third-order valence-electron chi connectivity index (χ3n) is 4.89. The van der Waals surface area contributed by atoms with E-state index in [0.717, 1.165) is 16.5 Å². The van der Waals surface area contributed by atoms with E-state index < -0.39 is 0 Å². The molecule has 0 bridgehead atoms. The zero-order chi connectivity index (χ0) is 22.5. The van der Waals surface area contributed by atoms with Crippen LogP contribution in [0, 0.1) is 0 Å². The summed E-state index contributed by atoms with van der Waals surface area (Å²) in [5.41, 5.74) is 2.46. The molecular formula is C25H21N3O4. The Morgan fingerprint density at radius 1 is 1.03 bits per heavy atom. The summed E-state index contributed by atoms with van der Waals surface area (Å²) in [6.07, 6.45) is 6.32. The van der Waals surface area contributed by atoms with Crippen molar-refractivity contribution in [2.24, 2.45) is 0 Å². The number of nitrogens with zero attached hydrogens (tertiary/aromatic N) is 1. The molecule has 2 amide bonds. The monoisotopic (exact) mass is 427 g/mol. The van der Waals surface area contributed by atoms with E-state index >= 15 is 0 Å². The van der Waals surface area contributed by atoms with E-state index in [4.69, 9.17) is 4.42 Å². The maximum absolute atomic E-state index is 12.4. The van der Waals surface area contributed by atoms with Crippen molar-refractivity contribution >= 4 is 40.4 Å². The largest absolute Gasteiger partial charge is 0.467 e. The average molecular weight is 427 g/mol. The Labute approximate surface area is 184 Å². The van der Waals surface area contributed by atoms with Crippen molar-refractivity contribution in [2.75, 3.05) is 5.32 Å². The highest BCUT2D eigenvalue weighted by Gasteiger charge is 2.10. The number of aromatic nitrogens is 1. The summed E-state index contributed by atoms with van der Waals surface area (Å²) in [7, 11) is 0. The summed E-state index contributed by atoms with van der Waals surface area (Å²) in [4.78, 5) is 36.7. The van der Waals surface area contributed by atoms with E-state index in [-0.39, 0.29) is 24.3 Å². The molecule has 2 aromatic heterocycles. The number of hydrogen-bond acceptors (Lipinski definition) is 4. The van der Waals surface area contributed by atoms with E-state index in [0.29, 0.717) is 17.0 Å². The number of anilines is 1. The quantitative estimate of drug-likeness (QED) is 0.444. The molecule has 160 valence electrons. The predicted octanol–water partition coefficient (Wildman–Crippen LogP) is 4.48. The molecule has 32 heavy (non-hydrogen) atoms. The molecule has 7 nitrogen and oxygen atoms in total. The van der Waals surface area contributed by atoms with Crippen LogP contribution in [0.25, 0.3) is 17.0 Å². The number of hydrogen-bond donors (Lipinski definition) is 2. The molecule has 4 aromatic rings. The molecule has 2 heterocycles. The smallest absolute Gasteiger partial charge is 0.251 e.